The summed E-state index contributed by atoms with van der Waals surface area (Å²) in [6, 6.07) is 3.97. The van der Waals surface area contributed by atoms with E-state index in [0.717, 1.165) is 18.1 Å². The number of amides is 1. The normalized spacial score (nSPS) is 10.4. The summed E-state index contributed by atoms with van der Waals surface area (Å²) in [6.07, 6.45) is 0. The highest BCUT2D eigenvalue weighted by Crippen LogP contribution is 2.39. The van der Waals surface area contributed by atoms with Gasteiger partial charge in [-0.2, -0.15) is 0 Å². The van der Waals surface area contributed by atoms with Crippen LogP contribution in [0.5, 0.6) is 0 Å². The Balaban J connectivity index is 2.35. The molecule has 0 aliphatic carbocycles. The second-order valence-corrected chi connectivity index (χ2v) is 7.71. The number of hydrogen-bond donors (Lipinski definition) is 1. The van der Waals surface area contributed by atoms with Gasteiger partial charge in [-0.05, 0) is 44.0 Å². The van der Waals surface area contributed by atoms with Gasteiger partial charge in [-0.3, -0.25) is 4.79 Å². The molecule has 0 aliphatic heterocycles. The molecule has 2 aromatic heterocycles. The van der Waals surface area contributed by atoms with E-state index in [0.29, 0.717) is 5.13 Å². The van der Waals surface area contributed by atoms with Gasteiger partial charge >= 0.3 is 0 Å². The van der Waals surface area contributed by atoms with E-state index in [2.05, 4.69) is 42.2 Å². The SMILES string of the molecule is CC(=O)Nc1nc(-c2ccc(Br)s2)c(Br)s1. The molecule has 0 spiro atoms. The van der Waals surface area contributed by atoms with E-state index in [1.807, 2.05) is 12.1 Å². The lowest BCUT2D eigenvalue weighted by Gasteiger charge is -1.92. The maximum atomic E-state index is 10.9. The fraction of sp³-hybridized carbons (Fsp3) is 0.111. The Kier molecular flexibility index (Phi) is 3.78. The first-order valence-corrected chi connectivity index (χ1v) is 7.48. The average molecular weight is 382 g/mol. The van der Waals surface area contributed by atoms with Crippen LogP contribution in [0.15, 0.2) is 19.7 Å². The van der Waals surface area contributed by atoms with Gasteiger partial charge in [0.1, 0.15) is 9.48 Å². The van der Waals surface area contributed by atoms with E-state index in [9.17, 15) is 4.79 Å². The fourth-order valence-electron chi connectivity index (χ4n) is 1.10. The number of nitrogens with zero attached hydrogens (tertiary/aromatic N) is 1. The third-order valence-electron chi connectivity index (χ3n) is 1.68. The van der Waals surface area contributed by atoms with E-state index >= 15 is 0 Å². The summed E-state index contributed by atoms with van der Waals surface area (Å²) in [5.74, 6) is -0.111. The Hall–Kier alpha value is -0.240. The highest BCUT2D eigenvalue weighted by Gasteiger charge is 2.13. The molecule has 0 unspecified atom stereocenters. The lowest BCUT2D eigenvalue weighted by atomic mass is 10.4. The van der Waals surface area contributed by atoms with Crippen LogP contribution in [0.3, 0.4) is 0 Å². The first kappa shape index (κ1) is 12.2. The largest absolute Gasteiger partial charge is 0.302 e. The number of carbonyl (C=O) groups excluding carboxylic acids is 1. The van der Waals surface area contributed by atoms with Gasteiger partial charge in [-0.25, -0.2) is 4.98 Å². The van der Waals surface area contributed by atoms with Crippen molar-refractivity contribution in [3.8, 4) is 10.6 Å². The van der Waals surface area contributed by atoms with Crippen LogP contribution in [0.25, 0.3) is 10.6 Å². The lowest BCUT2D eigenvalue weighted by Crippen LogP contribution is -2.04. The molecule has 0 bridgehead atoms. The summed E-state index contributed by atoms with van der Waals surface area (Å²) >= 11 is 9.88. The zero-order valence-corrected chi connectivity index (χ0v) is 12.9. The Labute approximate surface area is 117 Å². The molecule has 0 fully saturated rings. The van der Waals surface area contributed by atoms with Crippen molar-refractivity contribution in [2.45, 2.75) is 6.92 Å². The third kappa shape index (κ3) is 2.71. The number of hydrogen-bond acceptors (Lipinski definition) is 4. The molecular formula is C9H6Br2N2OS2. The van der Waals surface area contributed by atoms with Crippen molar-refractivity contribution in [1.82, 2.24) is 4.98 Å². The number of nitrogens with one attached hydrogen (secondary N) is 1. The summed E-state index contributed by atoms with van der Waals surface area (Å²) < 4.78 is 1.98. The number of thiazole rings is 1. The molecule has 3 nitrogen and oxygen atoms in total. The molecule has 0 aromatic carbocycles. The molecule has 2 aromatic rings. The van der Waals surface area contributed by atoms with Gasteiger partial charge in [0.05, 0.1) is 8.66 Å². The van der Waals surface area contributed by atoms with Crippen LogP contribution in [0, 0.1) is 0 Å². The van der Waals surface area contributed by atoms with E-state index in [-0.39, 0.29) is 5.91 Å². The third-order valence-corrected chi connectivity index (χ3v) is 4.93. The Morgan fingerprint density at radius 2 is 2.12 bits per heavy atom. The van der Waals surface area contributed by atoms with Crippen LogP contribution in [-0.2, 0) is 4.79 Å². The van der Waals surface area contributed by atoms with Gasteiger partial charge in [0, 0.05) is 6.92 Å². The molecule has 2 rings (SSSR count). The predicted octanol–water partition coefficient (Wildman–Crippen LogP) is 4.36. The number of rotatable bonds is 2. The molecule has 0 atom stereocenters. The molecule has 0 saturated heterocycles. The number of thiophene rings is 1. The minimum Gasteiger partial charge on any atom is -0.302 e. The molecule has 0 saturated carbocycles. The van der Waals surface area contributed by atoms with Crippen LogP contribution in [0.4, 0.5) is 5.13 Å². The van der Waals surface area contributed by atoms with Crippen molar-refractivity contribution in [3.05, 3.63) is 19.7 Å². The highest BCUT2D eigenvalue weighted by molar-refractivity contribution is 9.11. The molecule has 84 valence electrons. The quantitative estimate of drug-likeness (QED) is 0.839. The maximum Gasteiger partial charge on any atom is 0.223 e. The Morgan fingerprint density at radius 3 is 2.69 bits per heavy atom. The van der Waals surface area contributed by atoms with Crippen molar-refractivity contribution in [3.63, 3.8) is 0 Å². The van der Waals surface area contributed by atoms with Gasteiger partial charge in [0.15, 0.2) is 5.13 Å². The fourth-order valence-corrected chi connectivity index (χ4v) is 4.19. The lowest BCUT2D eigenvalue weighted by molar-refractivity contribution is -0.114. The van der Waals surface area contributed by atoms with Crippen LogP contribution >= 0.6 is 54.5 Å². The zero-order chi connectivity index (χ0) is 11.7. The van der Waals surface area contributed by atoms with Crippen molar-refractivity contribution in [2.24, 2.45) is 0 Å². The van der Waals surface area contributed by atoms with Gasteiger partial charge in [0.2, 0.25) is 5.91 Å². The monoisotopic (exact) mass is 380 g/mol. The van der Waals surface area contributed by atoms with Gasteiger partial charge in [-0.15, -0.1) is 11.3 Å². The first-order valence-electron chi connectivity index (χ1n) is 4.26. The highest BCUT2D eigenvalue weighted by atomic mass is 79.9. The van der Waals surface area contributed by atoms with E-state index < -0.39 is 0 Å². The first-order chi connectivity index (χ1) is 7.56. The predicted molar refractivity (Wildman–Crippen MR) is 75.1 cm³/mol. The van der Waals surface area contributed by atoms with E-state index in [4.69, 9.17) is 0 Å². The molecule has 0 radical (unpaired) electrons. The van der Waals surface area contributed by atoms with Gasteiger partial charge < -0.3 is 5.32 Å². The van der Waals surface area contributed by atoms with E-state index in [1.165, 1.54) is 18.3 Å². The summed E-state index contributed by atoms with van der Waals surface area (Å²) in [4.78, 5) is 16.3. The number of halogens is 2. The Bertz CT molecular complexity index is 535. The van der Waals surface area contributed by atoms with Gasteiger partial charge in [0.25, 0.3) is 0 Å². The van der Waals surface area contributed by atoms with Crippen molar-refractivity contribution >= 4 is 65.6 Å². The number of carbonyl (C=O) groups is 1. The van der Waals surface area contributed by atoms with Crippen LogP contribution < -0.4 is 5.32 Å². The minimum absolute atomic E-state index is 0.111. The average Bonchev–Trinajstić information content (AvgIpc) is 2.72. The van der Waals surface area contributed by atoms with Gasteiger partial charge in [-0.1, -0.05) is 11.3 Å². The molecule has 1 amide bonds. The standard InChI is InChI=1S/C9H6Br2N2OS2/c1-4(14)12-9-13-7(8(11)16-9)5-2-3-6(10)15-5/h2-3H,1H3,(H,12,13,14). The molecular weight excluding hydrogens is 376 g/mol. The van der Waals surface area contributed by atoms with Crippen LogP contribution in [-0.4, -0.2) is 10.9 Å². The molecule has 7 heteroatoms. The summed E-state index contributed by atoms with van der Waals surface area (Å²) in [5.41, 5.74) is 0.865. The van der Waals surface area contributed by atoms with Crippen LogP contribution in [0.2, 0.25) is 0 Å². The van der Waals surface area contributed by atoms with E-state index in [1.54, 1.807) is 11.3 Å². The summed E-state index contributed by atoms with van der Waals surface area (Å²) in [7, 11) is 0. The minimum atomic E-state index is -0.111. The second kappa shape index (κ2) is 4.95. The van der Waals surface area contributed by atoms with Crippen molar-refractivity contribution in [1.29, 1.82) is 0 Å². The van der Waals surface area contributed by atoms with Crippen molar-refractivity contribution in [2.75, 3.05) is 5.32 Å². The van der Waals surface area contributed by atoms with Crippen LogP contribution in [0.1, 0.15) is 6.92 Å². The summed E-state index contributed by atoms with van der Waals surface area (Å²) in [5, 5.41) is 3.28. The topological polar surface area (TPSA) is 42.0 Å². The zero-order valence-electron chi connectivity index (χ0n) is 8.08. The summed E-state index contributed by atoms with van der Waals surface area (Å²) in [6.45, 7) is 1.47. The molecule has 2 heterocycles. The number of aromatic nitrogens is 1. The second-order valence-electron chi connectivity index (χ2n) is 2.93. The molecule has 1 N–H and O–H groups in total. The molecule has 16 heavy (non-hydrogen) atoms. The number of anilines is 1. The Morgan fingerprint density at radius 1 is 1.38 bits per heavy atom. The smallest absolute Gasteiger partial charge is 0.223 e. The maximum absolute atomic E-state index is 10.9. The van der Waals surface area contributed by atoms with Crippen molar-refractivity contribution < 1.29 is 4.79 Å². The molecule has 0 aliphatic rings.